The van der Waals surface area contributed by atoms with Gasteiger partial charge in [-0.2, -0.15) is 0 Å². The maximum absolute atomic E-state index is 12.4. The fourth-order valence-corrected chi connectivity index (χ4v) is 3.02. The minimum absolute atomic E-state index is 0.0807. The smallest absolute Gasteiger partial charge is 0.161 e. The highest BCUT2D eigenvalue weighted by Gasteiger charge is 2.24. The average Bonchev–Trinajstić information content (AvgIpc) is 2.67. The van der Waals surface area contributed by atoms with E-state index in [1.807, 2.05) is 32.1 Å². The van der Waals surface area contributed by atoms with E-state index < -0.39 is 5.60 Å². The minimum atomic E-state index is -0.418. The third-order valence-corrected chi connectivity index (χ3v) is 4.52. The average molecular weight is 380 g/mol. The second-order valence-corrected chi connectivity index (χ2v) is 7.11. The van der Waals surface area contributed by atoms with Crippen LogP contribution in [-0.4, -0.2) is 30.7 Å². The van der Waals surface area contributed by atoms with Crippen LogP contribution in [0.2, 0.25) is 0 Å². The van der Waals surface area contributed by atoms with Gasteiger partial charge in [0.2, 0.25) is 0 Å². The molecule has 146 valence electrons. The molecule has 1 aliphatic heterocycles. The molecule has 0 spiro atoms. The van der Waals surface area contributed by atoms with E-state index in [-0.39, 0.29) is 18.0 Å². The topological polar surface area (TPSA) is 65.0 Å². The van der Waals surface area contributed by atoms with E-state index in [0.717, 1.165) is 5.56 Å². The summed E-state index contributed by atoms with van der Waals surface area (Å²) in [5.41, 5.74) is 1.57. The lowest BCUT2D eigenvalue weighted by atomic mass is 9.97. The van der Waals surface area contributed by atoms with Crippen molar-refractivity contribution in [2.75, 3.05) is 14.2 Å². The molecule has 1 heterocycles. The van der Waals surface area contributed by atoms with E-state index in [1.54, 1.807) is 44.6 Å². The summed E-state index contributed by atoms with van der Waals surface area (Å²) >= 11 is 0. The zero-order valence-electron chi connectivity index (χ0n) is 16.5. The van der Waals surface area contributed by atoms with Crippen molar-refractivity contribution in [1.82, 2.24) is 0 Å². The van der Waals surface area contributed by atoms with Crippen molar-refractivity contribution in [3.05, 3.63) is 59.2 Å². The standard InChI is InChI=1S/C23H24O5/c1-23(2)12-11-18-19(28-23)10-7-16(22(18)25)14-17(24)8-5-15-6-9-20(26-3)21(13-15)27-4/h5-13,25H,14H2,1-4H3/b8-5+. The highest BCUT2D eigenvalue weighted by molar-refractivity contribution is 5.95. The highest BCUT2D eigenvalue weighted by atomic mass is 16.5. The molecule has 0 aliphatic carbocycles. The molecule has 3 rings (SSSR count). The van der Waals surface area contributed by atoms with Gasteiger partial charge < -0.3 is 19.3 Å². The molecular formula is C23H24O5. The molecule has 0 amide bonds. The van der Waals surface area contributed by atoms with Crippen LogP contribution in [0.15, 0.2) is 42.5 Å². The van der Waals surface area contributed by atoms with Crippen molar-refractivity contribution in [1.29, 1.82) is 0 Å². The lowest BCUT2D eigenvalue weighted by Crippen LogP contribution is -2.27. The third-order valence-electron chi connectivity index (χ3n) is 4.52. The Balaban J connectivity index is 1.74. The number of hydrogen-bond donors (Lipinski definition) is 1. The number of ketones is 1. The van der Waals surface area contributed by atoms with Gasteiger partial charge in [0.05, 0.1) is 19.8 Å². The number of benzene rings is 2. The van der Waals surface area contributed by atoms with Crippen molar-refractivity contribution in [3.8, 4) is 23.0 Å². The van der Waals surface area contributed by atoms with Gasteiger partial charge in [-0.15, -0.1) is 0 Å². The van der Waals surface area contributed by atoms with Gasteiger partial charge in [-0.05, 0) is 55.8 Å². The van der Waals surface area contributed by atoms with Crippen LogP contribution in [0.25, 0.3) is 12.2 Å². The lowest BCUT2D eigenvalue weighted by molar-refractivity contribution is -0.114. The number of aromatic hydroxyl groups is 1. The normalized spacial score (nSPS) is 14.4. The molecule has 0 saturated heterocycles. The number of allylic oxidation sites excluding steroid dienone is 1. The summed E-state index contributed by atoms with van der Waals surface area (Å²) in [4.78, 5) is 12.4. The molecule has 1 N–H and O–H groups in total. The summed E-state index contributed by atoms with van der Waals surface area (Å²) in [5, 5.41) is 10.5. The molecule has 0 radical (unpaired) electrons. The molecule has 0 bridgehead atoms. The van der Waals surface area contributed by atoms with Gasteiger partial charge in [0, 0.05) is 12.0 Å². The van der Waals surface area contributed by atoms with Crippen molar-refractivity contribution < 1.29 is 24.1 Å². The Kier molecular flexibility index (Phi) is 5.45. The fraction of sp³-hybridized carbons (Fsp3) is 0.261. The van der Waals surface area contributed by atoms with E-state index in [9.17, 15) is 9.90 Å². The van der Waals surface area contributed by atoms with E-state index >= 15 is 0 Å². The Labute approximate surface area is 164 Å². The first kappa shape index (κ1) is 19.5. The second-order valence-electron chi connectivity index (χ2n) is 7.11. The first-order valence-electron chi connectivity index (χ1n) is 8.99. The summed E-state index contributed by atoms with van der Waals surface area (Å²) < 4.78 is 16.3. The van der Waals surface area contributed by atoms with Gasteiger partial charge in [-0.3, -0.25) is 4.79 Å². The fourth-order valence-electron chi connectivity index (χ4n) is 3.02. The number of hydrogen-bond acceptors (Lipinski definition) is 5. The molecule has 0 saturated carbocycles. The van der Waals surface area contributed by atoms with Gasteiger partial charge >= 0.3 is 0 Å². The predicted octanol–water partition coefficient (Wildman–Crippen LogP) is 4.42. The molecule has 0 unspecified atom stereocenters. The molecule has 5 nitrogen and oxygen atoms in total. The van der Waals surface area contributed by atoms with E-state index in [4.69, 9.17) is 14.2 Å². The molecule has 2 aromatic rings. The largest absolute Gasteiger partial charge is 0.507 e. The number of fused-ring (bicyclic) bond motifs is 1. The van der Waals surface area contributed by atoms with E-state index in [2.05, 4.69) is 0 Å². The maximum atomic E-state index is 12.4. The first-order valence-corrected chi connectivity index (χ1v) is 8.99. The van der Waals surface area contributed by atoms with Gasteiger partial charge in [0.1, 0.15) is 17.1 Å². The zero-order valence-corrected chi connectivity index (χ0v) is 16.5. The summed E-state index contributed by atoms with van der Waals surface area (Å²) in [5.74, 6) is 1.80. The molecule has 1 aliphatic rings. The van der Waals surface area contributed by atoms with E-state index in [1.165, 1.54) is 6.08 Å². The summed E-state index contributed by atoms with van der Waals surface area (Å²) in [7, 11) is 3.14. The Bertz CT molecular complexity index is 954. The lowest BCUT2D eigenvalue weighted by Gasteiger charge is -2.28. The molecule has 0 aromatic heterocycles. The van der Waals surface area contributed by atoms with Crippen molar-refractivity contribution in [3.63, 3.8) is 0 Å². The number of phenols is 1. The van der Waals surface area contributed by atoms with Crippen LogP contribution >= 0.6 is 0 Å². The second kappa shape index (κ2) is 7.80. The monoisotopic (exact) mass is 380 g/mol. The van der Waals surface area contributed by atoms with Crippen LogP contribution in [0.4, 0.5) is 0 Å². The highest BCUT2D eigenvalue weighted by Crippen LogP contribution is 2.38. The number of carbonyl (C=O) groups excluding carboxylic acids is 1. The van der Waals surface area contributed by atoms with Crippen LogP contribution in [0.3, 0.4) is 0 Å². The van der Waals surface area contributed by atoms with Crippen LogP contribution in [0.1, 0.15) is 30.5 Å². The molecular weight excluding hydrogens is 356 g/mol. The molecule has 2 aromatic carbocycles. The number of rotatable bonds is 6. The maximum Gasteiger partial charge on any atom is 0.161 e. The predicted molar refractivity (Wildman–Crippen MR) is 109 cm³/mol. The summed E-state index contributed by atoms with van der Waals surface area (Å²) in [6, 6.07) is 8.94. The summed E-state index contributed by atoms with van der Waals surface area (Å²) in [6.45, 7) is 3.89. The quantitative estimate of drug-likeness (QED) is 0.752. The minimum Gasteiger partial charge on any atom is -0.507 e. The van der Waals surface area contributed by atoms with Crippen molar-refractivity contribution in [2.24, 2.45) is 0 Å². The third kappa shape index (κ3) is 4.19. The van der Waals surface area contributed by atoms with Crippen LogP contribution in [0, 0.1) is 0 Å². The number of carbonyl (C=O) groups is 1. The Morgan fingerprint density at radius 2 is 1.89 bits per heavy atom. The molecule has 28 heavy (non-hydrogen) atoms. The van der Waals surface area contributed by atoms with Crippen LogP contribution in [0.5, 0.6) is 23.0 Å². The number of ether oxygens (including phenoxy) is 3. The SMILES string of the molecule is COc1ccc(/C=C/C(=O)Cc2ccc3c(c2O)C=CC(C)(C)O3)cc1OC. The molecule has 0 atom stereocenters. The first-order chi connectivity index (χ1) is 13.3. The number of phenolic OH excluding ortho intramolecular Hbond substituents is 1. The molecule has 5 heteroatoms. The van der Waals surface area contributed by atoms with Crippen molar-refractivity contribution >= 4 is 17.9 Å². The van der Waals surface area contributed by atoms with Gasteiger partial charge in [-0.1, -0.05) is 18.2 Å². The van der Waals surface area contributed by atoms with Gasteiger partial charge in [0.15, 0.2) is 17.3 Å². The zero-order chi connectivity index (χ0) is 20.3. The summed E-state index contributed by atoms with van der Waals surface area (Å²) in [6.07, 6.45) is 7.03. The van der Waals surface area contributed by atoms with Crippen LogP contribution < -0.4 is 14.2 Å². The van der Waals surface area contributed by atoms with Gasteiger partial charge in [-0.25, -0.2) is 0 Å². The van der Waals surface area contributed by atoms with Gasteiger partial charge in [0.25, 0.3) is 0 Å². The Hall–Kier alpha value is -3.21. The Morgan fingerprint density at radius 3 is 2.61 bits per heavy atom. The Morgan fingerprint density at radius 1 is 1.14 bits per heavy atom. The molecule has 0 fully saturated rings. The van der Waals surface area contributed by atoms with E-state index in [0.29, 0.717) is 28.4 Å². The number of methoxy groups -OCH3 is 2. The van der Waals surface area contributed by atoms with Crippen LogP contribution in [-0.2, 0) is 11.2 Å². The van der Waals surface area contributed by atoms with Crippen molar-refractivity contribution in [2.45, 2.75) is 25.9 Å².